The van der Waals surface area contributed by atoms with E-state index in [1.165, 1.54) is 11.1 Å². The zero-order valence-electron chi connectivity index (χ0n) is 12.7. The van der Waals surface area contributed by atoms with Crippen molar-refractivity contribution >= 4 is 5.78 Å². The lowest BCUT2D eigenvalue weighted by Gasteiger charge is -2.06. The molecule has 0 saturated carbocycles. The molecule has 0 atom stereocenters. The Labute approximate surface area is 120 Å². The Morgan fingerprint density at radius 2 is 1.95 bits per heavy atom. The molecule has 0 spiro atoms. The van der Waals surface area contributed by atoms with E-state index in [1.54, 1.807) is 0 Å². The lowest BCUT2D eigenvalue weighted by Crippen LogP contribution is -2.23. The highest BCUT2D eigenvalue weighted by Crippen LogP contribution is 2.13. The Morgan fingerprint density at radius 3 is 2.55 bits per heavy atom. The number of ketones is 1. The largest absolute Gasteiger partial charge is 0.351 e. The lowest BCUT2D eigenvalue weighted by atomic mass is 10.1. The second-order valence-electron chi connectivity index (χ2n) is 5.36. The van der Waals surface area contributed by atoms with Gasteiger partial charge in [0, 0.05) is 30.5 Å². The summed E-state index contributed by atoms with van der Waals surface area (Å²) in [5.74, 6) is 0.152. The van der Waals surface area contributed by atoms with Crippen LogP contribution in [0.25, 0.3) is 0 Å². The second-order valence-corrected chi connectivity index (χ2v) is 5.36. The number of Topliss-reactive ketones (excluding diaryl/α,β-unsaturated/α-hetero) is 1. The van der Waals surface area contributed by atoms with Gasteiger partial charge in [0.1, 0.15) is 0 Å². The Kier molecular flexibility index (Phi) is 4.40. The van der Waals surface area contributed by atoms with Crippen LogP contribution < -0.4 is 5.32 Å². The summed E-state index contributed by atoms with van der Waals surface area (Å²) in [5.41, 5.74) is 5.42. The summed E-state index contributed by atoms with van der Waals surface area (Å²) in [4.78, 5) is 12.2. The van der Waals surface area contributed by atoms with Crippen molar-refractivity contribution in [3.63, 3.8) is 0 Å². The molecule has 0 bridgehead atoms. The molecule has 0 aliphatic rings. The third kappa shape index (κ3) is 3.17. The summed E-state index contributed by atoms with van der Waals surface area (Å²) >= 11 is 0. The molecule has 2 rings (SSSR count). The molecule has 0 amide bonds. The minimum atomic E-state index is 0.152. The molecule has 1 aromatic heterocycles. The highest BCUT2D eigenvalue weighted by atomic mass is 16.1. The van der Waals surface area contributed by atoms with Gasteiger partial charge < -0.3 is 9.88 Å². The van der Waals surface area contributed by atoms with Crippen molar-refractivity contribution in [2.24, 2.45) is 7.05 Å². The van der Waals surface area contributed by atoms with E-state index in [0.717, 1.165) is 23.5 Å². The Balaban J connectivity index is 1.94. The number of hydrogen-bond acceptors (Lipinski definition) is 2. The normalized spacial score (nSPS) is 10.8. The third-order valence-electron chi connectivity index (χ3n) is 3.77. The van der Waals surface area contributed by atoms with Crippen LogP contribution in [0.15, 0.2) is 30.3 Å². The predicted molar refractivity (Wildman–Crippen MR) is 82.1 cm³/mol. The van der Waals surface area contributed by atoms with Crippen molar-refractivity contribution in [2.45, 2.75) is 27.3 Å². The lowest BCUT2D eigenvalue weighted by molar-refractivity contribution is 0.0990. The number of nitrogens with zero attached hydrogens (tertiary/aromatic N) is 1. The highest BCUT2D eigenvalue weighted by Gasteiger charge is 2.13. The van der Waals surface area contributed by atoms with Gasteiger partial charge in [0.05, 0.1) is 6.54 Å². The maximum atomic E-state index is 12.2. The number of rotatable bonds is 5. The van der Waals surface area contributed by atoms with Crippen molar-refractivity contribution < 1.29 is 4.79 Å². The minimum absolute atomic E-state index is 0.152. The fourth-order valence-corrected chi connectivity index (χ4v) is 2.38. The van der Waals surface area contributed by atoms with Crippen molar-refractivity contribution in [1.29, 1.82) is 0 Å². The monoisotopic (exact) mass is 270 g/mol. The van der Waals surface area contributed by atoms with Crippen molar-refractivity contribution in [2.75, 3.05) is 6.54 Å². The molecular weight excluding hydrogens is 248 g/mol. The van der Waals surface area contributed by atoms with Gasteiger partial charge in [0.2, 0.25) is 0 Å². The van der Waals surface area contributed by atoms with Gasteiger partial charge in [-0.2, -0.15) is 0 Å². The molecular formula is C17H22N2O. The maximum absolute atomic E-state index is 12.2. The molecule has 0 radical (unpaired) electrons. The van der Waals surface area contributed by atoms with Crippen LogP contribution in [0.5, 0.6) is 0 Å². The third-order valence-corrected chi connectivity index (χ3v) is 3.77. The molecule has 0 aliphatic heterocycles. The molecule has 2 aromatic rings. The van der Waals surface area contributed by atoms with E-state index in [0.29, 0.717) is 6.54 Å². The van der Waals surface area contributed by atoms with E-state index in [4.69, 9.17) is 0 Å². The van der Waals surface area contributed by atoms with E-state index >= 15 is 0 Å². The molecule has 3 nitrogen and oxygen atoms in total. The molecule has 0 unspecified atom stereocenters. The number of aromatic nitrogens is 1. The van der Waals surface area contributed by atoms with Crippen LogP contribution in [0.4, 0.5) is 0 Å². The highest BCUT2D eigenvalue weighted by molar-refractivity contribution is 5.99. The summed E-state index contributed by atoms with van der Waals surface area (Å²) in [5, 5.41) is 3.22. The summed E-state index contributed by atoms with van der Waals surface area (Å²) in [6.07, 6.45) is 0. The quantitative estimate of drug-likeness (QED) is 0.848. The average molecular weight is 270 g/mol. The topological polar surface area (TPSA) is 34.0 Å². The van der Waals surface area contributed by atoms with Crippen molar-refractivity contribution in [3.8, 4) is 0 Å². The first-order valence-electron chi connectivity index (χ1n) is 6.91. The summed E-state index contributed by atoms with van der Waals surface area (Å²) < 4.78 is 2.05. The predicted octanol–water partition coefficient (Wildman–Crippen LogP) is 2.92. The van der Waals surface area contributed by atoms with E-state index in [-0.39, 0.29) is 5.78 Å². The van der Waals surface area contributed by atoms with Gasteiger partial charge in [-0.1, -0.05) is 29.8 Å². The molecule has 106 valence electrons. The molecule has 0 aliphatic carbocycles. The molecule has 1 aromatic carbocycles. The second kappa shape index (κ2) is 6.06. The van der Waals surface area contributed by atoms with E-state index < -0.39 is 0 Å². The van der Waals surface area contributed by atoms with Crippen molar-refractivity contribution in [1.82, 2.24) is 9.88 Å². The minimum Gasteiger partial charge on any atom is -0.351 e. The average Bonchev–Trinajstić information content (AvgIpc) is 2.66. The number of carbonyl (C=O) groups is 1. The van der Waals surface area contributed by atoms with Crippen LogP contribution in [0, 0.1) is 20.8 Å². The fourth-order valence-electron chi connectivity index (χ4n) is 2.38. The van der Waals surface area contributed by atoms with Crippen LogP contribution >= 0.6 is 0 Å². The molecule has 3 heteroatoms. The Bertz CT molecular complexity index is 626. The van der Waals surface area contributed by atoms with Gasteiger partial charge in [0.15, 0.2) is 5.78 Å². The van der Waals surface area contributed by atoms with Gasteiger partial charge in [-0.15, -0.1) is 0 Å². The summed E-state index contributed by atoms with van der Waals surface area (Å²) in [6.45, 7) is 7.17. The molecule has 0 fully saturated rings. The molecule has 0 saturated heterocycles. The fraction of sp³-hybridized carbons (Fsp3) is 0.353. The van der Waals surface area contributed by atoms with Crippen molar-refractivity contribution in [3.05, 3.63) is 58.4 Å². The van der Waals surface area contributed by atoms with Crippen LogP contribution in [0.2, 0.25) is 0 Å². The summed E-state index contributed by atoms with van der Waals surface area (Å²) in [6, 6.07) is 10.3. The zero-order valence-corrected chi connectivity index (χ0v) is 12.7. The van der Waals surface area contributed by atoms with Crippen LogP contribution in [0.1, 0.15) is 32.9 Å². The molecule has 1 heterocycles. The van der Waals surface area contributed by atoms with Gasteiger partial charge in [-0.25, -0.2) is 0 Å². The SMILES string of the molecule is Cc1cccc(CNCC(=O)c2cc(C)n(C)c2C)c1. The van der Waals surface area contributed by atoms with Crippen LogP contribution in [-0.2, 0) is 13.6 Å². The standard InChI is InChI=1S/C17H22N2O/c1-12-6-5-7-15(8-12)10-18-11-17(20)16-9-13(2)19(4)14(16)3/h5-9,18H,10-11H2,1-4H3. The summed E-state index contributed by atoms with van der Waals surface area (Å²) in [7, 11) is 1.99. The van der Waals surface area contributed by atoms with Gasteiger partial charge in [0.25, 0.3) is 0 Å². The Hall–Kier alpha value is -1.87. The Morgan fingerprint density at radius 1 is 1.20 bits per heavy atom. The molecule has 20 heavy (non-hydrogen) atoms. The number of nitrogens with one attached hydrogen (secondary N) is 1. The van der Waals surface area contributed by atoms with E-state index in [9.17, 15) is 4.79 Å². The van der Waals surface area contributed by atoms with Crippen LogP contribution in [-0.4, -0.2) is 16.9 Å². The number of hydrogen-bond donors (Lipinski definition) is 1. The smallest absolute Gasteiger partial charge is 0.178 e. The van der Waals surface area contributed by atoms with Gasteiger partial charge >= 0.3 is 0 Å². The first-order valence-corrected chi connectivity index (χ1v) is 6.91. The van der Waals surface area contributed by atoms with E-state index in [2.05, 4.69) is 30.4 Å². The number of aryl methyl sites for hydroxylation is 2. The van der Waals surface area contributed by atoms with Gasteiger partial charge in [-0.05, 0) is 32.4 Å². The molecule has 1 N–H and O–H groups in total. The first-order chi connectivity index (χ1) is 9.49. The van der Waals surface area contributed by atoms with Crippen LogP contribution in [0.3, 0.4) is 0 Å². The maximum Gasteiger partial charge on any atom is 0.178 e. The number of carbonyl (C=O) groups excluding carboxylic acids is 1. The zero-order chi connectivity index (χ0) is 14.7. The first kappa shape index (κ1) is 14.5. The van der Waals surface area contributed by atoms with E-state index in [1.807, 2.05) is 37.6 Å². The van der Waals surface area contributed by atoms with Gasteiger partial charge in [-0.3, -0.25) is 4.79 Å². The number of benzene rings is 1.